The normalized spacial score (nSPS) is 12.7. The van der Waals surface area contributed by atoms with Crippen LogP contribution in [-0.4, -0.2) is 20.6 Å². The van der Waals surface area contributed by atoms with Crippen LogP contribution in [0.2, 0.25) is 0 Å². The lowest BCUT2D eigenvalue weighted by Crippen LogP contribution is -2.27. The molecule has 0 bridgehead atoms. The Morgan fingerprint density at radius 3 is 2.33 bits per heavy atom. The number of halogens is 2. The summed E-state index contributed by atoms with van der Waals surface area (Å²) >= 11 is 0. The van der Waals surface area contributed by atoms with E-state index >= 15 is 0 Å². The molecule has 1 N–H and O–H groups in total. The van der Waals surface area contributed by atoms with Crippen molar-refractivity contribution in [3.63, 3.8) is 0 Å². The lowest BCUT2D eigenvalue weighted by molar-refractivity contribution is 0.0939. The first-order valence-electron chi connectivity index (χ1n) is 7.18. The highest BCUT2D eigenvalue weighted by molar-refractivity contribution is 7.89. The lowest BCUT2D eigenvalue weighted by atomic mass is 10.1. The third-order valence-electron chi connectivity index (χ3n) is 3.42. The molecular formula is C17H17F2NO3S. The smallest absolute Gasteiger partial charge is 0.251 e. The minimum Gasteiger partial charge on any atom is -0.345 e. The van der Waals surface area contributed by atoms with Gasteiger partial charge in [0.05, 0.1) is 11.8 Å². The third-order valence-corrected chi connectivity index (χ3v) is 4.27. The van der Waals surface area contributed by atoms with Crippen LogP contribution in [0.4, 0.5) is 8.78 Å². The zero-order valence-electron chi connectivity index (χ0n) is 13.2. The predicted octanol–water partition coefficient (Wildman–Crippen LogP) is 3.00. The maximum Gasteiger partial charge on any atom is 0.251 e. The molecular weight excluding hydrogens is 336 g/mol. The fraction of sp³-hybridized carbons (Fsp3) is 0.235. The number of carbonyl (C=O) groups excluding carboxylic acids is 1. The third kappa shape index (κ3) is 4.86. The summed E-state index contributed by atoms with van der Waals surface area (Å²) in [6.07, 6.45) is 1.13. The monoisotopic (exact) mass is 353 g/mol. The molecule has 1 amide bonds. The summed E-state index contributed by atoms with van der Waals surface area (Å²) in [5.74, 6) is -1.76. The Kier molecular flexibility index (Phi) is 5.33. The largest absolute Gasteiger partial charge is 0.345 e. The molecule has 2 aromatic rings. The van der Waals surface area contributed by atoms with Gasteiger partial charge in [0.1, 0.15) is 11.6 Å². The zero-order valence-corrected chi connectivity index (χ0v) is 14.0. The van der Waals surface area contributed by atoms with Crippen LogP contribution in [0.25, 0.3) is 0 Å². The molecule has 0 heterocycles. The van der Waals surface area contributed by atoms with Crippen LogP contribution in [0, 0.1) is 11.6 Å². The van der Waals surface area contributed by atoms with Crippen LogP contribution in [0.5, 0.6) is 0 Å². The van der Waals surface area contributed by atoms with Crippen LogP contribution in [0.3, 0.4) is 0 Å². The minimum atomic E-state index is -3.15. The van der Waals surface area contributed by atoms with Crippen molar-refractivity contribution in [1.82, 2.24) is 5.32 Å². The fourth-order valence-corrected chi connectivity index (χ4v) is 3.06. The first kappa shape index (κ1) is 18.1. The molecule has 4 nitrogen and oxygen atoms in total. The molecule has 24 heavy (non-hydrogen) atoms. The van der Waals surface area contributed by atoms with Crippen molar-refractivity contribution in [2.75, 3.05) is 6.26 Å². The Morgan fingerprint density at radius 1 is 1.12 bits per heavy atom. The Balaban J connectivity index is 2.10. The summed E-state index contributed by atoms with van der Waals surface area (Å²) in [6, 6.07) is 8.40. The van der Waals surface area contributed by atoms with Crippen LogP contribution in [-0.2, 0) is 15.6 Å². The molecule has 0 spiro atoms. The first-order chi connectivity index (χ1) is 11.2. The molecule has 0 aromatic heterocycles. The standard InChI is InChI=1S/C17H17F2NO3S/c1-11(15-9-14(18)7-8-16(15)19)20-17(21)13-5-3-12(4-6-13)10-24(2,22)23/h3-9,11H,10H2,1-2H3,(H,20,21). The van der Waals surface area contributed by atoms with E-state index in [9.17, 15) is 22.0 Å². The average molecular weight is 353 g/mol. The van der Waals surface area contributed by atoms with Crippen LogP contribution in [0.1, 0.15) is 34.5 Å². The molecule has 0 aliphatic rings. The van der Waals surface area contributed by atoms with Crippen LogP contribution < -0.4 is 5.32 Å². The summed E-state index contributed by atoms with van der Waals surface area (Å²) < 4.78 is 49.4. The molecule has 2 aromatic carbocycles. The number of amides is 1. The maximum absolute atomic E-state index is 13.7. The molecule has 0 radical (unpaired) electrons. The van der Waals surface area contributed by atoms with Crippen molar-refractivity contribution in [2.24, 2.45) is 0 Å². The van der Waals surface area contributed by atoms with Gasteiger partial charge in [0, 0.05) is 17.4 Å². The van der Waals surface area contributed by atoms with Gasteiger partial charge >= 0.3 is 0 Å². The van der Waals surface area contributed by atoms with Gasteiger partial charge < -0.3 is 5.32 Å². The molecule has 2 rings (SSSR count). The van der Waals surface area contributed by atoms with E-state index in [0.29, 0.717) is 11.1 Å². The topological polar surface area (TPSA) is 63.2 Å². The van der Waals surface area contributed by atoms with Crippen molar-refractivity contribution >= 4 is 15.7 Å². The highest BCUT2D eigenvalue weighted by Gasteiger charge is 2.16. The molecule has 0 fully saturated rings. The predicted molar refractivity (Wildman–Crippen MR) is 87.2 cm³/mol. The first-order valence-corrected chi connectivity index (χ1v) is 9.24. The van der Waals surface area contributed by atoms with E-state index in [1.165, 1.54) is 12.1 Å². The summed E-state index contributed by atoms with van der Waals surface area (Å²) in [6.45, 7) is 1.55. The van der Waals surface area contributed by atoms with Crippen LogP contribution >= 0.6 is 0 Å². The van der Waals surface area contributed by atoms with E-state index in [0.717, 1.165) is 24.5 Å². The van der Waals surface area contributed by atoms with Crippen molar-refractivity contribution in [3.05, 3.63) is 70.8 Å². The van der Waals surface area contributed by atoms with Crippen molar-refractivity contribution in [1.29, 1.82) is 0 Å². The highest BCUT2D eigenvalue weighted by Crippen LogP contribution is 2.18. The molecule has 1 unspecified atom stereocenters. The number of sulfone groups is 1. The highest BCUT2D eigenvalue weighted by atomic mass is 32.2. The summed E-state index contributed by atoms with van der Waals surface area (Å²) in [5, 5.41) is 2.58. The van der Waals surface area contributed by atoms with E-state index in [4.69, 9.17) is 0 Å². The van der Waals surface area contributed by atoms with E-state index in [1.54, 1.807) is 19.1 Å². The molecule has 0 saturated carbocycles. The van der Waals surface area contributed by atoms with Crippen molar-refractivity contribution < 1.29 is 22.0 Å². The number of rotatable bonds is 5. The summed E-state index contributed by atoms with van der Waals surface area (Å²) in [7, 11) is -3.15. The molecule has 1 atom stereocenters. The van der Waals surface area contributed by atoms with Crippen molar-refractivity contribution in [3.8, 4) is 0 Å². The minimum absolute atomic E-state index is 0.0528. The van der Waals surface area contributed by atoms with Gasteiger partial charge in [-0.2, -0.15) is 0 Å². The van der Waals surface area contributed by atoms with E-state index in [1.807, 2.05) is 0 Å². The van der Waals surface area contributed by atoms with Gasteiger partial charge in [0.2, 0.25) is 0 Å². The fourth-order valence-electron chi connectivity index (χ4n) is 2.26. The van der Waals surface area contributed by atoms with Gasteiger partial charge in [0.15, 0.2) is 9.84 Å². The number of carbonyl (C=O) groups is 1. The quantitative estimate of drug-likeness (QED) is 0.899. The Morgan fingerprint density at radius 2 is 1.75 bits per heavy atom. The van der Waals surface area contributed by atoms with Gasteiger partial charge in [-0.1, -0.05) is 12.1 Å². The molecule has 128 valence electrons. The Labute approximate surface area is 139 Å². The summed E-state index contributed by atoms with van der Waals surface area (Å²) in [5.41, 5.74) is 0.922. The second kappa shape index (κ2) is 7.09. The maximum atomic E-state index is 13.7. The average Bonchev–Trinajstić information content (AvgIpc) is 2.48. The summed E-state index contributed by atoms with van der Waals surface area (Å²) in [4.78, 5) is 12.2. The second-order valence-corrected chi connectivity index (χ2v) is 7.77. The van der Waals surface area contributed by atoms with E-state index < -0.39 is 33.4 Å². The Hall–Kier alpha value is -2.28. The number of nitrogens with one attached hydrogen (secondary N) is 1. The SMILES string of the molecule is CC(NC(=O)c1ccc(CS(C)(=O)=O)cc1)c1cc(F)ccc1F. The molecule has 0 aliphatic carbocycles. The van der Waals surface area contributed by atoms with Gasteiger partial charge in [-0.3, -0.25) is 4.79 Å². The number of hydrogen-bond donors (Lipinski definition) is 1. The number of benzene rings is 2. The van der Waals surface area contributed by atoms with E-state index in [2.05, 4.69) is 5.32 Å². The molecule has 0 aliphatic heterocycles. The lowest BCUT2D eigenvalue weighted by Gasteiger charge is -2.15. The van der Waals surface area contributed by atoms with Gasteiger partial charge in [-0.15, -0.1) is 0 Å². The molecule has 7 heteroatoms. The van der Waals surface area contributed by atoms with E-state index in [-0.39, 0.29) is 11.3 Å². The van der Waals surface area contributed by atoms with Gasteiger partial charge in [-0.25, -0.2) is 17.2 Å². The molecule has 0 saturated heterocycles. The second-order valence-electron chi connectivity index (χ2n) is 5.63. The van der Waals surface area contributed by atoms with Crippen LogP contribution in [0.15, 0.2) is 42.5 Å². The van der Waals surface area contributed by atoms with Gasteiger partial charge in [-0.05, 0) is 42.8 Å². The van der Waals surface area contributed by atoms with Gasteiger partial charge in [0.25, 0.3) is 5.91 Å². The van der Waals surface area contributed by atoms with Crippen molar-refractivity contribution in [2.45, 2.75) is 18.7 Å². The zero-order chi connectivity index (χ0) is 17.9. The number of hydrogen-bond acceptors (Lipinski definition) is 3. The Bertz CT molecular complexity index is 849.